The maximum Gasteiger partial charge on any atom is 0.122 e. The number of nitrogens with zero attached hydrogens (tertiary/aromatic N) is 2. The van der Waals surface area contributed by atoms with Crippen molar-refractivity contribution in [2.75, 3.05) is 0 Å². The van der Waals surface area contributed by atoms with Gasteiger partial charge < -0.3 is 9.88 Å². The summed E-state index contributed by atoms with van der Waals surface area (Å²) in [6, 6.07) is 0.678. The zero-order valence-electron chi connectivity index (χ0n) is 10.6. The molecule has 1 aromatic heterocycles. The van der Waals surface area contributed by atoms with Crippen LogP contribution in [0.5, 0.6) is 0 Å². The van der Waals surface area contributed by atoms with E-state index in [4.69, 9.17) is 0 Å². The molecule has 3 unspecified atom stereocenters. The minimum atomic E-state index is 0.678. The summed E-state index contributed by atoms with van der Waals surface area (Å²) in [5.74, 6) is 2.82. The average Bonchev–Trinajstić information content (AvgIpc) is 2.86. The van der Waals surface area contributed by atoms with Crippen LogP contribution >= 0.6 is 0 Å². The molecule has 1 aromatic rings. The number of nitrogens with one attached hydrogen (secondary N) is 1. The highest BCUT2D eigenvalue weighted by Gasteiger charge is 2.29. The van der Waals surface area contributed by atoms with Crippen molar-refractivity contribution in [2.45, 2.75) is 52.7 Å². The fourth-order valence-corrected chi connectivity index (χ4v) is 2.67. The second-order valence-electron chi connectivity index (χ2n) is 5.03. The molecule has 1 aliphatic carbocycles. The Hall–Kier alpha value is -0.830. The van der Waals surface area contributed by atoms with Crippen molar-refractivity contribution in [1.82, 2.24) is 14.9 Å². The van der Waals surface area contributed by atoms with E-state index >= 15 is 0 Å². The van der Waals surface area contributed by atoms with Crippen molar-refractivity contribution in [3.05, 3.63) is 18.2 Å². The van der Waals surface area contributed by atoms with Gasteiger partial charge in [0.1, 0.15) is 5.82 Å². The van der Waals surface area contributed by atoms with Crippen molar-refractivity contribution in [3.63, 3.8) is 0 Å². The number of hydrogen-bond donors (Lipinski definition) is 1. The first-order valence-corrected chi connectivity index (χ1v) is 6.45. The molecule has 16 heavy (non-hydrogen) atoms. The molecule has 1 aliphatic rings. The van der Waals surface area contributed by atoms with Gasteiger partial charge in [0.15, 0.2) is 0 Å². The van der Waals surface area contributed by atoms with Gasteiger partial charge in [-0.05, 0) is 31.6 Å². The Kier molecular flexibility index (Phi) is 3.64. The van der Waals surface area contributed by atoms with Crippen LogP contribution in [-0.4, -0.2) is 15.6 Å². The average molecular weight is 221 g/mol. The molecule has 0 amide bonds. The molecule has 0 aromatic carbocycles. The smallest absolute Gasteiger partial charge is 0.122 e. The summed E-state index contributed by atoms with van der Waals surface area (Å²) < 4.78 is 2.20. The molecule has 1 saturated carbocycles. The molecule has 0 spiro atoms. The van der Waals surface area contributed by atoms with Gasteiger partial charge in [0.25, 0.3) is 0 Å². The first-order chi connectivity index (χ1) is 7.72. The first-order valence-electron chi connectivity index (χ1n) is 6.45. The quantitative estimate of drug-likeness (QED) is 0.846. The molecule has 3 heteroatoms. The van der Waals surface area contributed by atoms with E-state index < -0.39 is 0 Å². The molecule has 1 heterocycles. The van der Waals surface area contributed by atoms with Gasteiger partial charge in [-0.3, -0.25) is 0 Å². The number of imidazole rings is 1. The summed E-state index contributed by atoms with van der Waals surface area (Å²) >= 11 is 0. The Balaban J connectivity index is 1.88. The van der Waals surface area contributed by atoms with Crippen LogP contribution < -0.4 is 5.32 Å². The van der Waals surface area contributed by atoms with Crippen LogP contribution in [0.25, 0.3) is 0 Å². The van der Waals surface area contributed by atoms with Gasteiger partial charge in [0.05, 0.1) is 6.54 Å². The van der Waals surface area contributed by atoms with E-state index in [1.54, 1.807) is 0 Å². The number of aromatic nitrogens is 2. The van der Waals surface area contributed by atoms with Gasteiger partial charge in [-0.15, -0.1) is 0 Å². The van der Waals surface area contributed by atoms with Crippen LogP contribution in [0.2, 0.25) is 0 Å². The van der Waals surface area contributed by atoms with Gasteiger partial charge in [-0.1, -0.05) is 13.8 Å². The second kappa shape index (κ2) is 5.00. The molecule has 90 valence electrons. The van der Waals surface area contributed by atoms with Crippen molar-refractivity contribution in [3.8, 4) is 0 Å². The van der Waals surface area contributed by atoms with E-state index in [1.165, 1.54) is 12.8 Å². The molecule has 3 nitrogen and oxygen atoms in total. The Labute approximate surface area is 98.3 Å². The van der Waals surface area contributed by atoms with Gasteiger partial charge in [-0.2, -0.15) is 0 Å². The van der Waals surface area contributed by atoms with Gasteiger partial charge in [-0.25, -0.2) is 4.98 Å². The predicted octanol–water partition coefficient (Wildman–Crippen LogP) is 2.43. The fourth-order valence-electron chi connectivity index (χ4n) is 2.67. The summed E-state index contributed by atoms with van der Waals surface area (Å²) in [5.41, 5.74) is 0. The normalized spacial score (nSPS) is 29.8. The molecular weight excluding hydrogens is 198 g/mol. The van der Waals surface area contributed by atoms with Crippen molar-refractivity contribution >= 4 is 0 Å². The summed E-state index contributed by atoms with van der Waals surface area (Å²) in [4.78, 5) is 4.39. The summed E-state index contributed by atoms with van der Waals surface area (Å²) in [6.07, 6.45) is 6.62. The van der Waals surface area contributed by atoms with E-state index in [-0.39, 0.29) is 0 Å². The van der Waals surface area contributed by atoms with Gasteiger partial charge in [0.2, 0.25) is 0 Å². The molecule has 2 rings (SSSR count). The van der Waals surface area contributed by atoms with E-state index in [9.17, 15) is 0 Å². The summed E-state index contributed by atoms with van der Waals surface area (Å²) in [6.45, 7) is 8.79. The molecule has 0 bridgehead atoms. The number of aryl methyl sites for hydroxylation is 1. The van der Waals surface area contributed by atoms with Crippen molar-refractivity contribution < 1.29 is 0 Å². The lowest BCUT2D eigenvalue weighted by atomic mass is 9.98. The largest absolute Gasteiger partial charge is 0.334 e. The number of hydrogen-bond acceptors (Lipinski definition) is 2. The standard InChI is InChI=1S/C13H23N3/c1-4-16-8-7-14-13(16)9-15-12-6-5-10(2)11(12)3/h7-8,10-12,15H,4-6,9H2,1-3H3. The van der Waals surface area contributed by atoms with E-state index in [2.05, 4.69) is 41.8 Å². The lowest BCUT2D eigenvalue weighted by molar-refractivity contribution is 0.365. The Morgan fingerprint density at radius 3 is 2.88 bits per heavy atom. The predicted molar refractivity (Wildman–Crippen MR) is 66.1 cm³/mol. The topological polar surface area (TPSA) is 29.9 Å². The van der Waals surface area contributed by atoms with E-state index in [1.807, 2.05) is 6.20 Å². The molecule has 0 radical (unpaired) electrons. The third-order valence-electron chi connectivity index (χ3n) is 4.13. The van der Waals surface area contributed by atoms with Crippen LogP contribution in [0, 0.1) is 11.8 Å². The van der Waals surface area contributed by atoms with Crippen LogP contribution in [0.3, 0.4) is 0 Å². The van der Waals surface area contributed by atoms with Gasteiger partial charge in [0, 0.05) is 25.0 Å². The van der Waals surface area contributed by atoms with Crippen LogP contribution in [0.4, 0.5) is 0 Å². The Morgan fingerprint density at radius 2 is 2.25 bits per heavy atom. The van der Waals surface area contributed by atoms with Crippen LogP contribution in [0.1, 0.15) is 39.4 Å². The molecule has 0 aliphatic heterocycles. The van der Waals surface area contributed by atoms with E-state index in [0.29, 0.717) is 6.04 Å². The maximum absolute atomic E-state index is 4.39. The van der Waals surface area contributed by atoms with E-state index in [0.717, 1.165) is 30.7 Å². The lowest BCUT2D eigenvalue weighted by Gasteiger charge is -2.19. The van der Waals surface area contributed by atoms with Crippen molar-refractivity contribution in [2.24, 2.45) is 11.8 Å². The Morgan fingerprint density at radius 1 is 1.44 bits per heavy atom. The minimum absolute atomic E-state index is 0.678. The highest BCUT2D eigenvalue weighted by molar-refractivity contribution is 4.93. The highest BCUT2D eigenvalue weighted by Crippen LogP contribution is 2.31. The first kappa shape index (κ1) is 11.6. The maximum atomic E-state index is 4.39. The van der Waals surface area contributed by atoms with Crippen molar-refractivity contribution in [1.29, 1.82) is 0 Å². The molecular formula is C13H23N3. The molecule has 1 fully saturated rings. The molecule has 0 saturated heterocycles. The number of rotatable bonds is 4. The minimum Gasteiger partial charge on any atom is -0.334 e. The fraction of sp³-hybridized carbons (Fsp3) is 0.769. The second-order valence-corrected chi connectivity index (χ2v) is 5.03. The Bertz CT molecular complexity index is 332. The zero-order chi connectivity index (χ0) is 11.5. The highest BCUT2D eigenvalue weighted by atomic mass is 15.1. The SMILES string of the molecule is CCn1ccnc1CNC1CCC(C)C1C. The monoisotopic (exact) mass is 221 g/mol. The third-order valence-corrected chi connectivity index (χ3v) is 4.13. The zero-order valence-corrected chi connectivity index (χ0v) is 10.6. The summed E-state index contributed by atoms with van der Waals surface area (Å²) in [5, 5.41) is 3.66. The van der Waals surface area contributed by atoms with Crippen LogP contribution in [0.15, 0.2) is 12.4 Å². The lowest BCUT2D eigenvalue weighted by Crippen LogP contribution is -2.32. The summed E-state index contributed by atoms with van der Waals surface area (Å²) in [7, 11) is 0. The molecule has 1 N–H and O–H groups in total. The molecule has 3 atom stereocenters. The van der Waals surface area contributed by atoms with Gasteiger partial charge >= 0.3 is 0 Å². The van der Waals surface area contributed by atoms with Crippen LogP contribution in [-0.2, 0) is 13.1 Å². The third kappa shape index (κ3) is 2.29.